The van der Waals surface area contributed by atoms with Crippen LogP contribution < -0.4 is 10.6 Å². The molecule has 1 unspecified atom stereocenters. The topological polar surface area (TPSA) is 41.1 Å². The monoisotopic (exact) mass is 264 g/mol. The predicted octanol–water partition coefficient (Wildman–Crippen LogP) is 2.49. The Morgan fingerprint density at radius 1 is 1.35 bits per heavy atom. The van der Waals surface area contributed by atoms with Crippen LogP contribution in [0.4, 0.5) is 18.9 Å². The van der Waals surface area contributed by atoms with Gasteiger partial charge in [-0.1, -0.05) is 11.6 Å². The van der Waals surface area contributed by atoms with Crippen LogP contribution in [0, 0.1) is 0 Å². The minimum Gasteiger partial charge on any atom is -0.325 e. The number of hydrogen-bond donors (Lipinski definition) is 2. The molecule has 0 aliphatic carbocycles. The molecule has 1 aliphatic heterocycles. The number of benzene rings is 1. The molecule has 0 saturated heterocycles. The summed E-state index contributed by atoms with van der Waals surface area (Å²) >= 11 is 5.67. The van der Waals surface area contributed by atoms with Gasteiger partial charge in [-0.05, 0) is 18.2 Å². The Kier molecular flexibility index (Phi) is 3.01. The van der Waals surface area contributed by atoms with Gasteiger partial charge in [0, 0.05) is 16.3 Å². The lowest BCUT2D eigenvalue weighted by atomic mass is 10.0. The molecule has 2 N–H and O–H groups in total. The molecule has 1 atom stereocenters. The quantitative estimate of drug-likeness (QED) is 0.756. The fourth-order valence-corrected chi connectivity index (χ4v) is 1.86. The summed E-state index contributed by atoms with van der Waals surface area (Å²) in [6, 6.07) is 2.10. The van der Waals surface area contributed by atoms with Crippen LogP contribution in [-0.4, -0.2) is 18.6 Å². The average Bonchev–Trinajstić information content (AvgIpc) is 2.35. The molecule has 0 spiro atoms. The first-order chi connectivity index (χ1) is 7.88. The van der Waals surface area contributed by atoms with Gasteiger partial charge in [0.2, 0.25) is 5.91 Å². The lowest BCUT2D eigenvalue weighted by Crippen LogP contribution is -2.35. The average molecular weight is 265 g/mol. The van der Waals surface area contributed by atoms with Crippen molar-refractivity contribution in [2.24, 2.45) is 0 Å². The lowest BCUT2D eigenvalue weighted by molar-refractivity contribution is -0.157. The van der Waals surface area contributed by atoms with E-state index in [1.807, 2.05) is 0 Å². The van der Waals surface area contributed by atoms with E-state index in [0.717, 1.165) is 0 Å². The van der Waals surface area contributed by atoms with Crippen molar-refractivity contribution in [1.82, 2.24) is 5.32 Å². The van der Waals surface area contributed by atoms with E-state index in [9.17, 15) is 18.0 Å². The van der Waals surface area contributed by atoms with Crippen molar-refractivity contribution in [2.45, 2.75) is 12.2 Å². The van der Waals surface area contributed by atoms with Crippen LogP contribution in [0.5, 0.6) is 0 Å². The molecule has 92 valence electrons. The molecule has 0 bridgehead atoms. The summed E-state index contributed by atoms with van der Waals surface area (Å²) in [5.41, 5.74) is 0.0579. The van der Waals surface area contributed by atoms with Gasteiger partial charge in [0.15, 0.2) is 0 Å². The number of carbonyl (C=O) groups is 1. The van der Waals surface area contributed by atoms with E-state index in [-0.39, 0.29) is 16.3 Å². The first-order valence-electron chi connectivity index (χ1n) is 4.77. The van der Waals surface area contributed by atoms with Crippen LogP contribution in [0.25, 0.3) is 0 Å². The van der Waals surface area contributed by atoms with Gasteiger partial charge in [-0.15, -0.1) is 0 Å². The molecular weight excluding hydrogens is 257 g/mol. The Morgan fingerprint density at radius 2 is 2.06 bits per heavy atom. The minimum absolute atomic E-state index is 0.0733. The largest absolute Gasteiger partial charge is 0.407 e. The van der Waals surface area contributed by atoms with Crippen LogP contribution in [-0.2, 0) is 4.79 Å². The standard InChI is InChI=1S/C10H8ClF3N2O/c11-5-1-2-7-6(3-5)9(10(12,13)14)15-4-8(17)16-7/h1-3,9,15H,4H2,(H,16,17). The molecule has 1 heterocycles. The molecule has 1 amide bonds. The molecule has 1 aromatic carbocycles. The number of nitrogens with one attached hydrogen (secondary N) is 2. The molecule has 1 aliphatic rings. The van der Waals surface area contributed by atoms with Crippen LogP contribution >= 0.6 is 11.6 Å². The Labute approximate surface area is 99.9 Å². The highest BCUT2D eigenvalue weighted by molar-refractivity contribution is 6.30. The maximum absolute atomic E-state index is 12.8. The molecule has 0 radical (unpaired) electrons. The molecule has 2 rings (SSSR count). The van der Waals surface area contributed by atoms with Crippen molar-refractivity contribution in [3.8, 4) is 0 Å². The van der Waals surface area contributed by atoms with Crippen LogP contribution in [0.2, 0.25) is 5.02 Å². The van der Waals surface area contributed by atoms with Crippen molar-refractivity contribution in [2.75, 3.05) is 11.9 Å². The zero-order valence-corrected chi connectivity index (χ0v) is 9.19. The normalized spacial score (nSPS) is 20.5. The van der Waals surface area contributed by atoms with E-state index in [2.05, 4.69) is 10.6 Å². The smallest absolute Gasteiger partial charge is 0.325 e. The highest BCUT2D eigenvalue weighted by Gasteiger charge is 2.43. The number of anilines is 1. The number of halogens is 4. The van der Waals surface area contributed by atoms with Crippen molar-refractivity contribution in [3.63, 3.8) is 0 Å². The Bertz CT molecular complexity index is 461. The number of carbonyl (C=O) groups excluding carboxylic acids is 1. The first-order valence-corrected chi connectivity index (χ1v) is 5.15. The molecule has 3 nitrogen and oxygen atoms in total. The van der Waals surface area contributed by atoms with Crippen molar-refractivity contribution in [1.29, 1.82) is 0 Å². The van der Waals surface area contributed by atoms with E-state index in [1.165, 1.54) is 18.2 Å². The third kappa shape index (κ3) is 2.53. The van der Waals surface area contributed by atoms with Crippen molar-refractivity contribution in [3.05, 3.63) is 28.8 Å². The predicted molar refractivity (Wildman–Crippen MR) is 56.9 cm³/mol. The minimum atomic E-state index is -4.48. The van der Waals surface area contributed by atoms with Gasteiger partial charge in [-0.25, -0.2) is 0 Å². The number of fused-ring (bicyclic) bond motifs is 1. The summed E-state index contributed by atoms with van der Waals surface area (Å²) in [5, 5.41) is 4.74. The molecular formula is C10H8ClF3N2O. The fourth-order valence-electron chi connectivity index (χ4n) is 1.68. The first kappa shape index (κ1) is 12.2. The Morgan fingerprint density at radius 3 is 2.71 bits per heavy atom. The van der Waals surface area contributed by atoms with Gasteiger partial charge >= 0.3 is 6.18 Å². The summed E-state index contributed by atoms with van der Waals surface area (Å²) < 4.78 is 38.4. The zero-order valence-electron chi connectivity index (χ0n) is 8.44. The summed E-state index contributed by atoms with van der Waals surface area (Å²) in [6.07, 6.45) is -4.48. The lowest BCUT2D eigenvalue weighted by Gasteiger charge is -2.21. The third-order valence-electron chi connectivity index (χ3n) is 2.39. The maximum Gasteiger partial charge on any atom is 0.407 e. The molecule has 0 aromatic heterocycles. The molecule has 7 heteroatoms. The maximum atomic E-state index is 12.8. The van der Waals surface area contributed by atoms with Crippen LogP contribution in [0.1, 0.15) is 11.6 Å². The molecule has 0 saturated carbocycles. The number of hydrogen-bond acceptors (Lipinski definition) is 2. The summed E-state index contributed by atoms with van der Waals surface area (Å²) in [4.78, 5) is 11.2. The second-order valence-corrected chi connectivity index (χ2v) is 4.07. The van der Waals surface area contributed by atoms with Crippen LogP contribution in [0.15, 0.2) is 18.2 Å². The summed E-state index contributed by atoms with van der Waals surface area (Å²) in [5.74, 6) is -0.514. The summed E-state index contributed by atoms with van der Waals surface area (Å²) in [6.45, 7) is -0.392. The zero-order chi connectivity index (χ0) is 12.6. The van der Waals surface area contributed by atoms with Crippen molar-refractivity contribution < 1.29 is 18.0 Å². The van der Waals surface area contributed by atoms with E-state index in [0.29, 0.717) is 0 Å². The third-order valence-corrected chi connectivity index (χ3v) is 2.63. The van der Waals surface area contributed by atoms with E-state index >= 15 is 0 Å². The Balaban J connectivity index is 2.52. The number of amides is 1. The molecule has 17 heavy (non-hydrogen) atoms. The second kappa shape index (κ2) is 4.19. The van der Waals surface area contributed by atoms with E-state index in [4.69, 9.17) is 11.6 Å². The Hall–Kier alpha value is -1.27. The SMILES string of the molecule is O=C1CNC(C(F)(F)F)c2cc(Cl)ccc2N1. The fraction of sp³-hybridized carbons (Fsp3) is 0.300. The highest BCUT2D eigenvalue weighted by atomic mass is 35.5. The van der Waals surface area contributed by atoms with Gasteiger partial charge in [-0.2, -0.15) is 13.2 Å². The van der Waals surface area contributed by atoms with Gasteiger partial charge in [-0.3, -0.25) is 10.1 Å². The van der Waals surface area contributed by atoms with Crippen LogP contribution in [0.3, 0.4) is 0 Å². The van der Waals surface area contributed by atoms with Gasteiger partial charge in [0.25, 0.3) is 0 Å². The van der Waals surface area contributed by atoms with Gasteiger partial charge < -0.3 is 5.32 Å². The second-order valence-electron chi connectivity index (χ2n) is 3.64. The molecule has 0 fully saturated rings. The summed E-state index contributed by atoms with van der Waals surface area (Å²) in [7, 11) is 0. The van der Waals surface area contributed by atoms with Gasteiger partial charge in [0.05, 0.1) is 6.54 Å². The molecule has 1 aromatic rings. The van der Waals surface area contributed by atoms with Crippen molar-refractivity contribution >= 4 is 23.2 Å². The van der Waals surface area contributed by atoms with E-state index < -0.39 is 24.7 Å². The number of rotatable bonds is 0. The number of alkyl halides is 3. The highest BCUT2D eigenvalue weighted by Crippen LogP contribution is 2.38. The van der Waals surface area contributed by atoms with Gasteiger partial charge in [0.1, 0.15) is 6.04 Å². The van der Waals surface area contributed by atoms with E-state index in [1.54, 1.807) is 0 Å².